The molecular weight excluding hydrogens is 845 g/mol. The zero-order chi connectivity index (χ0) is 45.6. The fraction of sp³-hybridized carbons (Fsp3) is 0.327. The highest BCUT2D eigenvalue weighted by molar-refractivity contribution is 6.02. The summed E-state index contributed by atoms with van der Waals surface area (Å²) in [5, 5.41) is 5.35. The fourth-order valence-electron chi connectivity index (χ4n) is 10.2. The van der Waals surface area contributed by atoms with Gasteiger partial charge >= 0.3 is 0 Å². The van der Waals surface area contributed by atoms with Crippen molar-refractivity contribution in [2.75, 3.05) is 34.4 Å². The molecule has 7 heterocycles. The van der Waals surface area contributed by atoms with E-state index in [-0.39, 0.29) is 35.9 Å². The number of hydrogen-bond donors (Lipinski definition) is 1. The van der Waals surface area contributed by atoms with E-state index in [1.807, 2.05) is 93.3 Å². The first kappa shape index (κ1) is 42.4. The van der Waals surface area contributed by atoms with Crippen LogP contribution >= 0.6 is 0 Å². The standard InChI is InChI=1S/C52H52N10O5/c1-59-31-57-43-24-39(28-56-50(43)59)35-13-19-44-46(26-35)61(52(64)32-8-14-40(65-2)15-9-32)30-38-7-5-22-55-49(38)62(44)67-41-16-10-33(11-17-41)51(63)60-29-37-6-4-21-54-48(37)58-42-18-12-34(25-45(42)60)36-20-23-53-47(27-36)66-3/h4-7,12-13,18-28,31-33,40-41H,8-11,14-17,29-30H2,1-3H3,(H,54,58)/t32-,33-,40-,41-. The van der Waals surface area contributed by atoms with Gasteiger partial charge in [0.05, 0.1) is 61.5 Å². The predicted molar refractivity (Wildman–Crippen MR) is 256 cm³/mol. The monoisotopic (exact) mass is 896 g/mol. The van der Waals surface area contributed by atoms with Gasteiger partial charge in [-0.2, -0.15) is 0 Å². The molecule has 1 N–H and O–H groups in total. The molecule has 2 aliphatic heterocycles. The predicted octanol–water partition coefficient (Wildman–Crippen LogP) is 9.47. The lowest BCUT2D eigenvalue weighted by Gasteiger charge is -2.35. The van der Waals surface area contributed by atoms with Crippen molar-refractivity contribution in [3.8, 4) is 28.1 Å². The van der Waals surface area contributed by atoms with Crippen molar-refractivity contribution in [1.29, 1.82) is 0 Å². The number of imidazole rings is 1. The number of hydrogen-bond acceptors (Lipinski definition) is 12. The molecule has 0 spiro atoms. The quantitative estimate of drug-likeness (QED) is 0.155. The van der Waals surface area contributed by atoms with Crippen LogP contribution in [0, 0.1) is 11.8 Å². The lowest BCUT2D eigenvalue weighted by molar-refractivity contribution is -0.125. The Morgan fingerprint density at radius 3 is 2.07 bits per heavy atom. The molecular formula is C52H52N10O5. The second kappa shape index (κ2) is 17.9. The van der Waals surface area contributed by atoms with Crippen LogP contribution < -0.4 is 24.9 Å². The maximum Gasteiger partial charge on any atom is 0.230 e. The van der Waals surface area contributed by atoms with Crippen LogP contribution in [0.3, 0.4) is 0 Å². The molecule has 2 fully saturated rings. The molecule has 0 atom stereocenters. The second-order valence-electron chi connectivity index (χ2n) is 18.0. The van der Waals surface area contributed by atoms with Crippen LogP contribution in [0.5, 0.6) is 5.88 Å². The molecule has 15 nitrogen and oxygen atoms in total. The van der Waals surface area contributed by atoms with E-state index in [1.54, 1.807) is 39.1 Å². The number of benzene rings is 2. The van der Waals surface area contributed by atoms with Crippen LogP contribution in [0.25, 0.3) is 33.4 Å². The Bertz CT molecular complexity index is 3000. The number of anilines is 6. The summed E-state index contributed by atoms with van der Waals surface area (Å²) in [4.78, 5) is 63.8. The van der Waals surface area contributed by atoms with E-state index in [9.17, 15) is 9.59 Å². The van der Waals surface area contributed by atoms with Crippen molar-refractivity contribution >= 4 is 57.4 Å². The smallest absolute Gasteiger partial charge is 0.230 e. The number of rotatable bonds is 8. The number of fused-ring (bicyclic) bond motifs is 5. The first-order valence-electron chi connectivity index (χ1n) is 23.1. The summed E-state index contributed by atoms with van der Waals surface area (Å²) in [5.74, 6) is 1.67. The van der Waals surface area contributed by atoms with Crippen LogP contribution in [-0.4, -0.2) is 67.7 Å². The Balaban J connectivity index is 0.890. The van der Waals surface area contributed by atoms with E-state index in [4.69, 9.17) is 24.3 Å². The van der Waals surface area contributed by atoms with Crippen LogP contribution in [0.1, 0.15) is 62.5 Å². The van der Waals surface area contributed by atoms with Crippen molar-refractivity contribution < 1.29 is 23.9 Å². The minimum Gasteiger partial charge on any atom is -0.481 e. The number of aryl methyl sites for hydroxylation is 1. The molecule has 2 saturated carbocycles. The molecule has 11 rings (SSSR count). The first-order chi connectivity index (χ1) is 32.8. The Labute approximate surface area is 388 Å². The SMILES string of the molecule is COc1cc(-c2ccc3c(c2)N(C(=O)[C@H]2CC[C@H](ON4c5ccc(-c6cnc7c(c6)ncn7C)cc5N(C(=O)[C@H]5CC[C@H](OC)CC5)Cc5cccnc54)CC2)Cc2cccnc2N3)ccn1. The van der Waals surface area contributed by atoms with E-state index < -0.39 is 0 Å². The van der Waals surface area contributed by atoms with Gasteiger partial charge in [0.2, 0.25) is 17.7 Å². The summed E-state index contributed by atoms with van der Waals surface area (Å²) < 4.78 is 13.0. The van der Waals surface area contributed by atoms with E-state index in [0.29, 0.717) is 50.5 Å². The zero-order valence-corrected chi connectivity index (χ0v) is 37.8. The second-order valence-corrected chi connectivity index (χ2v) is 18.0. The van der Waals surface area contributed by atoms with Crippen molar-refractivity contribution in [3.05, 3.63) is 121 Å². The Morgan fingerprint density at radius 2 is 1.30 bits per heavy atom. The summed E-state index contributed by atoms with van der Waals surface area (Å²) in [6.07, 6.45) is 14.6. The van der Waals surface area contributed by atoms with Gasteiger partial charge in [0.1, 0.15) is 11.3 Å². The average molecular weight is 897 g/mol. The Hall–Kier alpha value is -7.23. The van der Waals surface area contributed by atoms with Gasteiger partial charge in [-0.15, -0.1) is 0 Å². The van der Waals surface area contributed by atoms with Crippen molar-refractivity contribution in [2.45, 2.75) is 76.7 Å². The summed E-state index contributed by atoms with van der Waals surface area (Å²) in [7, 11) is 5.28. The molecule has 7 aromatic rings. The molecule has 67 heavy (non-hydrogen) atoms. The highest BCUT2D eigenvalue weighted by Gasteiger charge is 2.38. The number of aromatic nitrogens is 6. The minimum atomic E-state index is -0.230. The van der Waals surface area contributed by atoms with E-state index in [2.05, 4.69) is 38.5 Å². The number of nitrogens with one attached hydrogen (secondary N) is 1. The molecule has 2 aliphatic carbocycles. The normalized spacial score (nSPS) is 20.1. The average Bonchev–Trinajstić information content (AvgIpc) is 3.58. The number of pyridine rings is 4. The molecule has 15 heteroatoms. The molecule has 4 aliphatic rings. The lowest BCUT2D eigenvalue weighted by Crippen LogP contribution is -2.39. The summed E-state index contributed by atoms with van der Waals surface area (Å²) in [6.45, 7) is 0.716. The van der Waals surface area contributed by atoms with Crippen LogP contribution in [0.15, 0.2) is 110 Å². The van der Waals surface area contributed by atoms with Crippen LogP contribution in [0.2, 0.25) is 0 Å². The minimum absolute atomic E-state index is 0.0642. The molecule has 340 valence electrons. The fourth-order valence-corrected chi connectivity index (χ4v) is 10.2. The van der Waals surface area contributed by atoms with Crippen molar-refractivity contribution in [3.63, 3.8) is 0 Å². The molecule has 0 bridgehead atoms. The zero-order valence-electron chi connectivity index (χ0n) is 37.8. The maximum absolute atomic E-state index is 14.9. The number of carbonyl (C=O) groups is 2. The highest BCUT2D eigenvalue weighted by Crippen LogP contribution is 2.46. The van der Waals surface area contributed by atoms with Gasteiger partial charge in [-0.1, -0.05) is 24.3 Å². The molecule has 0 saturated heterocycles. The Morgan fingerprint density at radius 1 is 0.627 bits per heavy atom. The van der Waals surface area contributed by atoms with Gasteiger partial charge in [-0.3, -0.25) is 14.4 Å². The topological polar surface area (TPSA) is 153 Å². The third kappa shape index (κ3) is 8.12. The van der Waals surface area contributed by atoms with Crippen LogP contribution in [0.4, 0.5) is 34.4 Å². The molecule has 0 unspecified atom stereocenters. The third-order valence-electron chi connectivity index (χ3n) is 14.0. The summed E-state index contributed by atoms with van der Waals surface area (Å²) in [6, 6.07) is 26.0. The number of nitrogens with zero attached hydrogens (tertiary/aromatic N) is 9. The van der Waals surface area contributed by atoms with Gasteiger partial charge in [-0.25, -0.2) is 30.0 Å². The Kier molecular flexibility index (Phi) is 11.3. The number of ether oxygens (including phenoxy) is 2. The summed E-state index contributed by atoms with van der Waals surface area (Å²) in [5.41, 5.74) is 10.2. The van der Waals surface area contributed by atoms with E-state index >= 15 is 0 Å². The van der Waals surface area contributed by atoms with Gasteiger partial charge in [0.15, 0.2) is 11.5 Å². The highest BCUT2D eigenvalue weighted by atomic mass is 16.7. The van der Waals surface area contributed by atoms with Crippen molar-refractivity contribution in [2.24, 2.45) is 18.9 Å². The largest absolute Gasteiger partial charge is 0.481 e. The number of methoxy groups -OCH3 is 2. The van der Waals surface area contributed by atoms with E-state index in [1.165, 1.54) is 0 Å². The molecule has 0 radical (unpaired) electrons. The van der Waals surface area contributed by atoms with Gasteiger partial charge in [0, 0.05) is 73.5 Å². The molecule has 2 aromatic carbocycles. The van der Waals surface area contributed by atoms with Crippen molar-refractivity contribution in [1.82, 2.24) is 29.5 Å². The van der Waals surface area contributed by atoms with Crippen LogP contribution in [-0.2, 0) is 39.3 Å². The maximum atomic E-state index is 14.9. The lowest BCUT2D eigenvalue weighted by atomic mass is 9.86. The molecule has 2 amide bonds. The third-order valence-corrected chi connectivity index (χ3v) is 14.0. The first-order valence-corrected chi connectivity index (χ1v) is 23.1. The van der Waals surface area contributed by atoms with Gasteiger partial charge in [-0.05, 0) is 117 Å². The summed E-state index contributed by atoms with van der Waals surface area (Å²) >= 11 is 0. The number of amides is 2. The molecule has 5 aromatic heterocycles. The van der Waals surface area contributed by atoms with Gasteiger partial charge < -0.3 is 29.2 Å². The number of carbonyl (C=O) groups excluding carboxylic acids is 2. The van der Waals surface area contributed by atoms with Gasteiger partial charge in [0.25, 0.3) is 0 Å². The van der Waals surface area contributed by atoms with E-state index in [0.717, 1.165) is 98.8 Å².